The fraction of sp³-hybridized carbons (Fsp3) is 0.0625. The van der Waals surface area contributed by atoms with E-state index in [9.17, 15) is 9.18 Å². The summed E-state index contributed by atoms with van der Waals surface area (Å²) in [6.45, 7) is 0.304. The Balaban J connectivity index is 1.65. The summed E-state index contributed by atoms with van der Waals surface area (Å²) in [5.74, 6) is -0.224. The van der Waals surface area contributed by atoms with E-state index in [0.717, 1.165) is 5.56 Å². The van der Waals surface area contributed by atoms with Crippen LogP contribution in [0.15, 0.2) is 55.0 Å². The Morgan fingerprint density at radius 2 is 2.13 bits per heavy atom. The van der Waals surface area contributed by atoms with E-state index < -0.39 is 0 Å². The summed E-state index contributed by atoms with van der Waals surface area (Å²) in [5, 5.41) is 6.92. The van der Waals surface area contributed by atoms with Crippen LogP contribution < -0.4 is 11.1 Å². The molecule has 7 heteroatoms. The van der Waals surface area contributed by atoms with Gasteiger partial charge in [-0.3, -0.25) is 4.79 Å². The number of aromatic nitrogens is 3. The second kappa shape index (κ2) is 6.27. The second-order valence-electron chi connectivity index (χ2n) is 4.93. The maximum atomic E-state index is 13.2. The number of rotatable bonds is 4. The number of nitrogen functional groups attached to an aromatic ring is 1. The number of carbonyl (C=O) groups is 1. The molecule has 3 N–H and O–H groups in total. The maximum absolute atomic E-state index is 13.2. The van der Waals surface area contributed by atoms with Gasteiger partial charge in [-0.25, -0.2) is 14.1 Å². The smallest absolute Gasteiger partial charge is 0.253 e. The predicted octanol–water partition coefficient (Wildman–Crippen LogP) is 1.92. The Bertz CT molecular complexity index is 828. The minimum Gasteiger partial charge on any atom is -0.384 e. The van der Waals surface area contributed by atoms with Crippen LogP contribution in [0.3, 0.4) is 0 Å². The Hall–Kier alpha value is -3.22. The summed E-state index contributed by atoms with van der Waals surface area (Å²) in [7, 11) is 0. The lowest BCUT2D eigenvalue weighted by atomic mass is 10.2. The number of anilines is 1. The van der Waals surface area contributed by atoms with E-state index in [1.807, 2.05) is 0 Å². The number of hydrogen-bond donors (Lipinski definition) is 2. The average molecular weight is 311 g/mol. The second-order valence-corrected chi connectivity index (χ2v) is 4.93. The molecule has 6 nitrogen and oxygen atoms in total. The van der Waals surface area contributed by atoms with Gasteiger partial charge in [0.2, 0.25) is 0 Å². The summed E-state index contributed by atoms with van der Waals surface area (Å²) in [4.78, 5) is 15.9. The molecule has 2 heterocycles. The molecule has 0 aliphatic rings. The molecule has 116 valence electrons. The highest BCUT2D eigenvalue weighted by Gasteiger charge is 2.07. The van der Waals surface area contributed by atoms with Crippen LogP contribution in [0.5, 0.6) is 0 Å². The van der Waals surface area contributed by atoms with Crippen LogP contribution in [0.25, 0.3) is 5.69 Å². The van der Waals surface area contributed by atoms with Gasteiger partial charge in [-0.15, -0.1) is 0 Å². The third-order valence-corrected chi connectivity index (χ3v) is 3.21. The molecule has 0 unspecified atom stereocenters. The van der Waals surface area contributed by atoms with Crippen molar-refractivity contribution >= 4 is 11.7 Å². The third kappa shape index (κ3) is 3.52. The molecular formula is C16H14FN5O. The molecule has 0 radical (unpaired) electrons. The molecule has 1 aromatic carbocycles. The highest BCUT2D eigenvalue weighted by Crippen LogP contribution is 2.10. The topological polar surface area (TPSA) is 85.8 Å². The number of hydrogen-bond acceptors (Lipinski definition) is 4. The zero-order valence-corrected chi connectivity index (χ0v) is 12.1. The van der Waals surface area contributed by atoms with Crippen molar-refractivity contribution < 1.29 is 9.18 Å². The van der Waals surface area contributed by atoms with Crippen molar-refractivity contribution in [1.82, 2.24) is 20.1 Å². The molecule has 0 spiro atoms. The monoisotopic (exact) mass is 311 g/mol. The van der Waals surface area contributed by atoms with Crippen molar-refractivity contribution in [3.63, 3.8) is 0 Å². The zero-order chi connectivity index (χ0) is 16.2. The molecule has 0 saturated heterocycles. The molecule has 2 aromatic heterocycles. The number of halogens is 1. The van der Waals surface area contributed by atoms with Gasteiger partial charge < -0.3 is 11.1 Å². The Labute approximate surface area is 131 Å². The van der Waals surface area contributed by atoms with E-state index in [-0.39, 0.29) is 11.7 Å². The van der Waals surface area contributed by atoms with Gasteiger partial charge in [0.05, 0.1) is 17.4 Å². The van der Waals surface area contributed by atoms with Crippen LogP contribution in [0.4, 0.5) is 10.2 Å². The number of nitrogens with two attached hydrogens (primary N) is 1. The van der Waals surface area contributed by atoms with Gasteiger partial charge in [-0.2, -0.15) is 5.10 Å². The Morgan fingerprint density at radius 3 is 2.87 bits per heavy atom. The van der Waals surface area contributed by atoms with Gasteiger partial charge in [-0.05, 0) is 30.3 Å². The Kier molecular flexibility index (Phi) is 4.01. The molecule has 0 fully saturated rings. The molecule has 0 atom stereocenters. The largest absolute Gasteiger partial charge is 0.384 e. The summed E-state index contributed by atoms with van der Waals surface area (Å²) in [5.41, 5.74) is 7.32. The number of pyridine rings is 1. The highest BCUT2D eigenvalue weighted by molar-refractivity contribution is 5.93. The first-order valence-corrected chi connectivity index (χ1v) is 6.91. The average Bonchev–Trinajstić information content (AvgIpc) is 3.02. The molecule has 3 aromatic rings. The molecule has 23 heavy (non-hydrogen) atoms. The number of benzene rings is 1. The van der Waals surface area contributed by atoms with E-state index in [1.165, 1.54) is 18.3 Å². The van der Waals surface area contributed by atoms with Crippen molar-refractivity contribution in [1.29, 1.82) is 0 Å². The van der Waals surface area contributed by atoms with E-state index >= 15 is 0 Å². The molecule has 3 rings (SSSR count). The summed E-state index contributed by atoms with van der Waals surface area (Å²) in [6.07, 6.45) is 4.77. The van der Waals surface area contributed by atoms with Crippen molar-refractivity contribution in [3.8, 4) is 5.69 Å². The molecule has 1 amide bonds. The van der Waals surface area contributed by atoms with E-state index in [0.29, 0.717) is 23.6 Å². The maximum Gasteiger partial charge on any atom is 0.253 e. The van der Waals surface area contributed by atoms with Crippen molar-refractivity contribution in [2.75, 3.05) is 5.73 Å². The number of carbonyl (C=O) groups excluding carboxylic acids is 1. The van der Waals surface area contributed by atoms with Gasteiger partial charge in [0.15, 0.2) is 0 Å². The number of amides is 1. The minimum atomic E-state index is -0.330. The van der Waals surface area contributed by atoms with Gasteiger partial charge in [-0.1, -0.05) is 6.07 Å². The Morgan fingerprint density at radius 1 is 1.26 bits per heavy atom. The van der Waals surface area contributed by atoms with Crippen LogP contribution >= 0.6 is 0 Å². The quantitative estimate of drug-likeness (QED) is 0.771. The fourth-order valence-corrected chi connectivity index (χ4v) is 2.04. The SMILES string of the molecule is Nc1ccc(C(=O)NCc2cnn(-c3cccc(F)c3)c2)cn1. The lowest BCUT2D eigenvalue weighted by Crippen LogP contribution is -2.22. The molecule has 0 saturated carbocycles. The fourth-order valence-electron chi connectivity index (χ4n) is 2.04. The van der Waals surface area contributed by atoms with E-state index in [2.05, 4.69) is 15.4 Å². The molecule has 0 aliphatic heterocycles. The van der Waals surface area contributed by atoms with Crippen LogP contribution in [-0.2, 0) is 6.54 Å². The summed E-state index contributed by atoms with van der Waals surface area (Å²) < 4.78 is 14.8. The zero-order valence-electron chi connectivity index (χ0n) is 12.1. The highest BCUT2D eigenvalue weighted by atomic mass is 19.1. The lowest BCUT2D eigenvalue weighted by molar-refractivity contribution is 0.0950. The normalized spacial score (nSPS) is 10.5. The van der Waals surface area contributed by atoms with Crippen LogP contribution in [0.2, 0.25) is 0 Å². The van der Waals surface area contributed by atoms with E-state index in [1.54, 1.807) is 41.3 Å². The summed E-state index contributed by atoms with van der Waals surface area (Å²) in [6, 6.07) is 9.29. The van der Waals surface area contributed by atoms with Crippen LogP contribution in [0, 0.1) is 5.82 Å². The van der Waals surface area contributed by atoms with Crippen LogP contribution in [0.1, 0.15) is 15.9 Å². The first kappa shape index (κ1) is 14.7. The van der Waals surface area contributed by atoms with Crippen molar-refractivity contribution in [2.24, 2.45) is 0 Å². The predicted molar refractivity (Wildman–Crippen MR) is 83.3 cm³/mol. The van der Waals surface area contributed by atoms with Gasteiger partial charge in [0, 0.05) is 24.5 Å². The third-order valence-electron chi connectivity index (χ3n) is 3.21. The van der Waals surface area contributed by atoms with E-state index in [4.69, 9.17) is 5.73 Å². The first-order valence-electron chi connectivity index (χ1n) is 6.91. The minimum absolute atomic E-state index is 0.254. The number of nitrogens with zero attached hydrogens (tertiary/aromatic N) is 3. The molecular weight excluding hydrogens is 297 g/mol. The summed E-state index contributed by atoms with van der Waals surface area (Å²) >= 11 is 0. The van der Waals surface area contributed by atoms with Gasteiger partial charge >= 0.3 is 0 Å². The van der Waals surface area contributed by atoms with Gasteiger partial charge in [0.25, 0.3) is 5.91 Å². The standard InChI is InChI=1S/C16H14FN5O/c17-13-2-1-3-14(6-13)22-10-11(8-21-22)7-20-16(23)12-4-5-15(18)19-9-12/h1-6,8-10H,7H2,(H2,18,19)(H,20,23). The van der Waals surface area contributed by atoms with Crippen molar-refractivity contribution in [2.45, 2.75) is 6.54 Å². The first-order chi connectivity index (χ1) is 11.1. The van der Waals surface area contributed by atoms with Gasteiger partial charge in [0.1, 0.15) is 11.6 Å². The van der Waals surface area contributed by atoms with Crippen molar-refractivity contribution in [3.05, 3.63) is 71.9 Å². The lowest BCUT2D eigenvalue weighted by Gasteiger charge is -2.03. The molecule has 0 bridgehead atoms. The number of nitrogens with one attached hydrogen (secondary N) is 1. The molecule has 0 aliphatic carbocycles. The van der Waals surface area contributed by atoms with Crippen LogP contribution in [-0.4, -0.2) is 20.7 Å².